The minimum absolute atomic E-state index is 0.611. The van der Waals surface area contributed by atoms with Gasteiger partial charge in [-0.05, 0) is 46.0 Å². The van der Waals surface area contributed by atoms with Crippen LogP contribution < -0.4 is 5.32 Å². The number of anilines is 1. The summed E-state index contributed by atoms with van der Waals surface area (Å²) >= 11 is 5.32. The molecule has 17 heavy (non-hydrogen) atoms. The topological polar surface area (TPSA) is 42.2 Å². The molecule has 0 aromatic carbocycles. The summed E-state index contributed by atoms with van der Waals surface area (Å²) in [6.07, 6.45) is 4.01. The molecule has 0 aliphatic rings. The fourth-order valence-corrected chi connectivity index (χ4v) is 2.67. The van der Waals surface area contributed by atoms with Crippen molar-refractivity contribution in [2.75, 3.05) is 23.9 Å². The molecule has 0 bridgehead atoms. The molecule has 0 fully saturated rings. The Labute approximate surface area is 113 Å². The van der Waals surface area contributed by atoms with E-state index in [9.17, 15) is 0 Å². The van der Waals surface area contributed by atoms with Gasteiger partial charge in [0.1, 0.15) is 0 Å². The molecule has 2 heterocycles. The number of nitrogens with zero attached hydrogens (tertiary/aromatic N) is 3. The molecule has 2 aromatic heterocycles. The average molecular weight is 315 g/mol. The maximum absolute atomic E-state index is 4.43. The van der Waals surface area contributed by atoms with E-state index < -0.39 is 0 Å². The Morgan fingerprint density at radius 3 is 3.12 bits per heavy atom. The van der Waals surface area contributed by atoms with Gasteiger partial charge in [-0.1, -0.05) is 6.92 Å². The summed E-state index contributed by atoms with van der Waals surface area (Å²) in [4.78, 5) is 4.43. The van der Waals surface area contributed by atoms with Crippen LogP contribution in [0.2, 0.25) is 0 Å². The van der Waals surface area contributed by atoms with E-state index in [1.807, 2.05) is 30.1 Å². The second kappa shape index (κ2) is 5.73. The third-order valence-corrected chi connectivity index (χ3v) is 3.90. The zero-order chi connectivity index (χ0) is 12.3. The Bertz CT molecular complexity index is 499. The number of aromatic nitrogens is 3. The van der Waals surface area contributed by atoms with Gasteiger partial charge in [-0.2, -0.15) is 16.7 Å². The van der Waals surface area contributed by atoms with Crippen LogP contribution in [0.1, 0.15) is 6.92 Å². The summed E-state index contributed by atoms with van der Waals surface area (Å²) in [6, 6.07) is 3.90. The molecular formula is C11H15BrN4S. The fourth-order valence-electron chi connectivity index (χ4n) is 1.56. The lowest BCUT2D eigenvalue weighted by Crippen LogP contribution is -2.14. The highest BCUT2D eigenvalue weighted by Gasteiger charge is 2.07. The van der Waals surface area contributed by atoms with Crippen molar-refractivity contribution in [2.24, 2.45) is 5.92 Å². The van der Waals surface area contributed by atoms with Crippen LogP contribution in [0.25, 0.3) is 5.65 Å². The predicted octanol–water partition coefficient (Wildman–Crippen LogP) is 2.90. The van der Waals surface area contributed by atoms with Crippen molar-refractivity contribution >= 4 is 39.3 Å². The molecule has 0 amide bonds. The first-order chi connectivity index (χ1) is 8.20. The molecule has 0 radical (unpaired) electrons. The number of pyridine rings is 1. The minimum atomic E-state index is 0.611. The molecule has 4 nitrogen and oxygen atoms in total. The normalized spacial score (nSPS) is 12.9. The third-order valence-electron chi connectivity index (χ3n) is 2.37. The summed E-state index contributed by atoms with van der Waals surface area (Å²) in [5, 5.41) is 7.63. The van der Waals surface area contributed by atoms with Crippen molar-refractivity contribution in [1.82, 2.24) is 14.6 Å². The SMILES string of the molecule is CSCC(C)CNc1nc2c(Br)cccn2n1. The highest BCUT2D eigenvalue weighted by Crippen LogP contribution is 2.17. The summed E-state index contributed by atoms with van der Waals surface area (Å²) in [6.45, 7) is 3.12. The van der Waals surface area contributed by atoms with Crippen molar-refractivity contribution < 1.29 is 0 Å². The number of nitrogens with one attached hydrogen (secondary N) is 1. The summed E-state index contributed by atoms with van der Waals surface area (Å²) < 4.78 is 2.73. The van der Waals surface area contributed by atoms with Gasteiger partial charge < -0.3 is 5.32 Å². The van der Waals surface area contributed by atoms with Crippen LogP contribution in [0.4, 0.5) is 5.95 Å². The zero-order valence-corrected chi connectivity index (χ0v) is 12.3. The van der Waals surface area contributed by atoms with Gasteiger partial charge in [0, 0.05) is 12.7 Å². The van der Waals surface area contributed by atoms with Crippen LogP contribution in [0.15, 0.2) is 22.8 Å². The van der Waals surface area contributed by atoms with E-state index in [1.165, 1.54) is 0 Å². The summed E-state index contributed by atoms with van der Waals surface area (Å²) in [7, 11) is 0. The molecule has 1 atom stereocenters. The minimum Gasteiger partial charge on any atom is -0.353 e. The van der Waals surface area contributed by atoms with Gasteiger partial charge in [-0.15, -0.1) is 5.10 Å². The Kier molecular flexibility index (Phi) is 4.28. The predicted molar refractivity (Wildman–Crippen MR) is 76.7 cm³/mol. The van der Waals surface area contributed by atoms with E-state index in [0.717, 1.165) is 22.4 Å². The van der Waals surface area contributed by atoms with Gasteiger partial charge in [0.15, 0.2) is 5.65 Å². The summed E-state index contributed by atoms with van der Waals surface area (Å²) in [5.41, 5.74) is 0.840. The van der Waals surface area contributed by atoms with Crippen LogP contribution >= 0.6 is 27.7 Å². The van der Waals surface area contributed by atoms with Crippen molar-refractivity contribution in [3.8, 4) is 0 Å². The summed E-state index contributed by atoms with van der Waals surface area (Å²) in [5.74, 6) is 2.44. The van der Waals surface area contributed by atoms with Crippen LogP contribution in [0.3, 0.4) is 0 Å². The molecule has 2 aromatic rings. The van der Waals surface area contributed by atoms with Crippen LogP contribution in [0, 0.1) is 5.92 Å². The van der Waals surface area contributed by atoms with Crippen molar-refractivity contribution in [2.45, 2.75) is 6.92 Å². The van der Waals surface area contributed by atoms with Gasteiger partial charge in [0.2, 0.25) is 5.95 Å². The highest BCUT2D eigenvalue weighted by atomic mass is 79.9. The molecular weight excluding hydrogens is 300 g/mol. The second-order valence-electron chi connectivity index (χ2n) is 4.00. The Morgan fingerprint density at radius 1 is 1.59 bits per heavy atom. The molecule has 92 valence electrons. The second-order valence-corrected chi connectivity index (χ2v) is 5.77. The van der Waals surface area contributed by atoms with E-state index in [0.29, 0.717) is 11.9 Å². The maximum atomic E-state index is 4.43. The van der Waals surface area contributed by atoms with Gasteiger partial charge >= 0.3 is 0 Å². The molecule has 1 unspecified atom stereocenters. The van der Waals surface area contributed by atoms with Gasteiger partial charge in [-0.3, -0.25) is 0 Å². The third kappa shape index (κ3) is 3.13. The molecule has 0 aliphatic heterocycles. The first-order valence-corrected chi connectivity index (χ1v) is 7.63. The van der Waals surface area contributed by atoms with Crippen molar-refractivity contribution in [3.63, 3.8) is 0 Å². The highest BCUT2D eigenvalue weighted by molar-refractivity contribution is 9.10. The molecule has 2 rings (SSSR count). The number of thioether (sulfide) groups is 1. The van der Waals surface area contributed by atoms with Crippen LogP contribution in [0.5, 0.6) is 0 Å². The molecule has 1 N–H and O–H groups in total. The lowest BCUT2D eigenvalue weighted by atomic mass is 10.2. The standard InChI is InChI=1S/C11H15BrN4S/c1-8(7-17-2)6-13-11-14-10-9(12)4-3-5-16(10)15-11/h3-5,8H,6-7H2,1-2H3,(H,13,15). The number of hydrogen-bond acceptors (Lipinski definition) is 4. The van der Waals surface area contributed by atoms with Gasteiger partial charge in [-0.25, -0.2) is 4.52 Å². The molecule has 0 saturated heterocycles. The van der Waals surface area contributed by atoms with E-state index in [2.05, 4.69) is 44.5 Å². The smallest absolute Gasteiger partial charge is 0.243 e. The number of hydrogen-bond donors (Lipinski definition) is 1. The molecule has 6 heteroatoms. The van der Waals surface area contributed by atoms with E-state index >= 15 is 0 Å². The van der Waals surface area contributed by atoms with Crippen molar-refractivity contribution in [3.05, 3.63) is 22.8 Å². The van der Waals surface area contributed by atoms with Gasteiger partial charge in [0.05, 0.1) is 4.47 Å². The molecule has 0 saturated carbocycles. The van der Waals surface area contributed by atoms with Gasteiger partial charge in [0.25, 0.3) is 0 Å². The first-order valence-electron chi connectivity index (χ1n) is 5.44. The monoisotopic (exact) mass is 314 g/mol. The number of fused-ring (bicyclic) bond motifs is 1. The Balaban J connectivity index is 2.07. The number of rotatable bonds is 5. The van der Waals surface area contributed by atoms with Crippen LogP contribution in [-0.4, -0.2) is 33.2 Å². The fraction of sp³-hybridized carbons (Fsp3) is 0.455. The maximum Gasteiger partial charge on any atom is 0.243 e. The lowest BCUT2D eigenvalue weighted by molar-refractivity contribution is 0.696. The number of halogens is 1. The van der Waals surface area contributed by atoms with E-state index in [-0.39, 0.29) is 0 Å². The quantitative estimate of drug-likeness (QED) is 0.921. The average Bonchev–Trinajstić information content (AvgIpc) is 2.71. The Hall–Kier alpha value is -0.750. The molecule has 0 spiro atoms. The van der Waals surface area contributed by atoms with E-state index in [4.69, 9.17) is 0 Å². The van der Waals surface area contributed by atoms with Crippen LogP contribution in [-0.2, 0) is 0 Å². The zero-order valence-electron chi connectivity index (χ0n) is 9.85. The van der Waals surface area contributed by atoms with Crippen molar-refractivity contribution in [1.29, 1.82) is 0 Å². The largest absolute Gasteiger partial charge is 0.353 e. The Morgan fingerprint density at radius 2 is 2.41 bits per heavy atom. The molecule has 0 aliphatic carbocycles. The lowest BCUT2D eigenvalue weighted by Gasteiger charge is -2.08. The van der Waals surface area contributed by atoms with E-state index in [1.54, 1.807) is 4.52 Å². The first kappa shape index (κ1) is 12.7.